The highest BCUT2D eigenvalue weighted by Crippen LogP contribution is 2.21. The van der Waals surface area contributed by atoms with Gasteiger partial charge in [0.25, 0.3) is 0 Å². The van der Waals surface area contributed by atoms with E-state index in [0.29, 0.717) is 9.90 Å². The fourth-order valence-corrected chi connectivity index (χ4v) is 3.16. The molecule has 0 spiro atoms. The maximum Gasteiger partial charge on any atom is 0.237 e. The first-order valence-electron chi connectivity index (χ1n) is 2.62. The van der Waals surface area contributed by atoms with Gasteiger partial charge in [-0.25, -0.2) is 8.42 Å². The van der Waals surface area contributed by atoms with Gasteiger partial charge in [-0.05, 0) is 6.07 Å². The van der Waals surface area contributed by atoms with E-state index >= 15 is 0 Å². The standard InChI is InChI=1S/C5H4Cl2O2S2/c6-4-1-5(10-2-4)3-11(7,8)9/h1-2H,3H2. The highest BCUT2D eigenvalue weighted by atomic mass is 35.7. The second-order valence-electron chi connectivity index (χ2n) is 1.91. The predicted octanol–water partition coefficient (Wildman–Crippen LogP) is 2.47. The SMILES string of the molecule is O=S(=O)(Cl)Cc1cc(Cl)cs1. The van der Waals surface area contributed by atoms with Crippen molar-refractivity contribution in [3.63, 3.8) is 0 Å². The molecule has 0 atom stereocenters. The first kappa shape index (κ1) is 9.32. The minimum atomic E-state index is -3.44. The highest BCUT2D eigenvalue weighted by molar-refractivity contribution is 8.13. The van der Waals surface area contributed by atoms with E-state index in [9.17, 15) is 8.42 Å². The van der Waals surface area contributed by atoms with Crippen LogP contribution in [0.5, 0.6) is 0 Å². The van der Waals surface area contributed by atoms with E-state index in [0.717, 1.165) is 0 Å². The smallest absolute Gasteiger partial charge is 0.212 e. The van der Waals surface area contributed by atoms with Gasteiger partial charge in [-0.1, -0.05) is 11.6 Å². The average Bonchev–Trinajstić information content (AvgIpc) is 2.10. The zero-order chi connectivity index (χ0) is 8.48. The summed E-state index contributed by atoms with van der Waals surface area (Å²) in [7, 11) is 1.57. The van der Waals surface area contributed by atoms with Crippen LogP contribution in [0.15, 0.2) is 11.4 Å². The Hall–Kier alpha value is 0.230. The largest absolute Gasteiger partial charge is 0.237 e. The van der Waals surface area contributed by atoms with Crippen LogP contribution >= 0.6 is 33.6 Å². The third-order valence-electron chi connectivity index (χ3n) is 0.936. The lowest BCUT2D eigenvalue weighted by Gasteiger charge is -1.88. The van der Waals surface area contributed by atoms with Crippen LogP contribution in [-0.4, -0.2) is 8.42 Å². The lowest BCUT2D eigenvalue weighted by atomic mass is 10.5. The van der Waals surface area contributed by atoms with Crippen molar-refractivity contribution in [3.05, 3.63) is 21.3 Å². The maximum atomic E-state index is 10.5. The molecule has 0 N–H and O–H groups in total. The van der Waals surface area contributed by atoms with Gasteiger partial charge in [-0.3, -0.25) is 0 Å². The zero-order valence-electron chi connectivity index (χ0n) is 5.25. The summed E-state index contributed by atoms with van der Waals surface area (Å²) in [4.78, 5) is 0.657. The van der Waals surface area contributed by atoms with Gasteiger partial charge in [0.2, 0.25) is 9.05 Å². The molecule has 0 amide bonds. The van der Waals surface area contributed by atoms with Gasteiger partial charge in [-0.2, -0.15) is 0 Å². The van der Waals surface area contributed by atoms with E-state index in [-0.39, 0.29) is 5.75 Å². The molecule has 0 unspecified atom stereocenters. The van der Waals surface area contributed by atoms with Crippen LogP contribution in [0.4, 0.5) is 0 Å². The van der Waals surface area contributed by atoms with Crippen molar-refractivity contribution in [3.8, 4) is 0 Å². The van der Waals surface area contributed by atoms with E-state index in [1.54, 1.807) is 11.4 Å². The summed E-state index contributed by atoms with van der Waals surface area (Å²) in [6.45, 7) is 0. The molecule has 0 radical (unpaired) electrons. The first-order chi connectivity index (χ1) is 4.97. The number of rotatable bonds is 2. The van der Waals surface area contributed by atoms with E-state index in [4.69, 9.17) is 22.3 Å². The van der Waals surface area contributed by atoms with Crippen molar-refractivity contribution < 1.29 is 8.42 Å². The van der Waals surface area contributed by atoms with Crippen LogP contribution in [0.3, 0.4) is 0 Å². The summed E-state index contributed by atoms with van der Waals surface area (Å²) in [5.74, 6) is -0.147. The van der Waals surface area contributed by atoms with Gasteiger partial charge in [0.1, 0.15) is 0 Å². The highest BCUT2D eigenvalue weighted by Gasteiger charge is 2.08. The van der Waals surface area contributed by atoms with Crippen LogP contribution in [0.1, 0.15) is 4.88 Å². The summed E-state index contributed by atoms with van der Waals surface area (Å²) in [6, 6.07) is 1.59. The van der Waals surface area contributed by atoms with E-state index < -0.39 is 9.05 Å². The van der Waals surface area contributed by atoms with Gasteiger partial charge in [0.15, 0.2) is 0 Å². The molecule has 62 valence electrons. The molecule has 1 heterocycles. The van der Waals surface area contributed by atoms with E-state index in [2.05, 4.69) is 0 Å². The molecule has 0 aromatic carbocycles. The number of halogens is 2. The average molecular weight is 231 g/mol. The van der Waals surface area contributed by atoms with Crippen LogP contribution < -0.4 is 0 Å². The van der Waals surface area contributed by atoms with Gasteiger partial charge < -0.3 is 0 Å². The Bertz CT molecular complexity index is 341. The molecule has 1 rings (SSSR count). The molecule has 0 aliphatic heterocycles. The van der Waals surface area contributed by atoms with E-state index in [1.807, 2.05) is 0 Å². The molecule has 11 heavy (non-hydrogen) atoms. The number of hydrogen-bond donors (Lipinski definition) is 0. The van der Waals surface area contributed by atoms with Crippen LogP contribution in [0.2, 0.25) is 5.02 Å². The second-order valence-corrected chi connectivity index (χ2v) is 6.12. The molecule has 0 saturated carbocycles. The lowest BCUT2D eigenvalue weighted by Crippen LogP contribution is -1.91. The van der Waals surface area contributed by atoms with Crippen LogP contribution in [-0.2, 0) is 14.8 Å². The molecule has 0 fully saturated rings. The van der Waals surface area contributed by atoms with Gasteiger partial charge >= 0.3 is 0 Å². The van der Waals surface area contributed by atoms with Crippen molar-refractivity contribution in [2.45, 2.75) is 5.75 Å². The quantitative estimate of drug-likeness (QED) is 0.732. The van der Waals surface area contributed by atoms with Crippen molar-refractivity contribution in [1.29, 1.82) is 0 Å². The molecule has 6 heteroatoms. The topological polar surface area (TPSA) is 34.1 Å². The molecule has 0 aliphatic carbocycles. The molecular weight excluding hydrogens is 227 g/mol. The molecule has 0 aliphatic rings. The number of hydrogen-bond acceptors (Lipinski definition) is 3. The van der Waals surface area contributed by atoms with Crippen molar-refractivity contribution in [1.82, 2.24) is 0 Å². The second kappa shape index (κ2) is 3.31. The van der Waals surface area contributed by atoms with Gasteiger partial charge in [0.05, 0.1) is 10.8 Å². The predicted molar refractivity (Wildman–Crippen MR) is 47.8 cm³/mol. The summed E-state index contributed by atoms with van der Waals surface area (Å²) in [5.41, 5.74) is 0. The maximum absolute atomic E-state index is 10.5. The Morgan fingerprint density at radius 1 is 1.55 bits per heavy atom. The van der Waals surface area contributed by atoms with Crippen molar-refractivity contribution in [2.75, 3.05) is 0 Å². The zero-order valence-corrected chi connectivity index (χ0v) is 8.40. The number of thiophene rings is 1. The fraction of sp³-hybridized carbons (Fsp3) is 0.200. The Labute approximate surface area is 78.2 Å². The van der Waals surface area contributed by atoms with E-state index in [1.165, 1.54) is 11.3 Å². The first-order valence-corrected chi connectivity index (χ1v) is 6.36. The summed E-state index contributed by atoms with van der Waals surface area (Å²) >= 11 is 6.84. The third-order valence-corrected chi connectivity index (χ3v) is 3.39. The summed E-state index contributed by atoms with van der Waals surface area (Å²) < 4.78 is 21.1. The Morgan fingerprint density at radius 2 is 2.18 bits per heavy atom. The third kappa shape index (κ3) is 3.42. The Balaban J connectivity index is 2.81. The normalized spacial score (nSPS) is 11.8. The van der Waals surface area contributed by atoms with Gasteiger partial charge in [-0.15, -0.1) is 11.3 Å². The van der Waals surface area contributed by atoms with Gasteiger partial charge in [0, 0.05) is 20.9 Å². The minimum absolute atomic E-state index is 0.147. The van der Waals surface area contributed by atoms with Crippen molar-refractivity contribution >= 4 is 42.7 Å². The molecule has 0 saturated heterocycles. The molecular formula is C5H4Cl2O2S2. The Kier molecular flexibility index (Phi) is 2.80. The minimum Gasteiger partial charge on any atom is -0.212 e. The molecule has 1 aromatic heterocycles. The molecule has 0 bridgehead atoms. The molecule has 1 aromatic rings. The van der Waals surface area contributed by atoms with Crippen LogP contribution in [0.25, 0.3) is 0 Å². The summed E-state index contributed by atoms with van der Waals surface area (Å²) in [6.07, 6.45) is 0. The lowest BCUT2D eigenvalue weighted by molar-refractivity contribution is 0.609. The summed E-state index contributed by atoms with van der Waals surface area (Å²) in [5, 5.41) is 2.21. The fourth-order valence-electron chi connectivity index (χ4n) is 0.599. The molecule has 2 nitrogen and oxygen atoms in total. The monoisotopic (exact) mass is 230 g/mol. The van der Waals surface area contributed by atoms with Crippen LogP contribution in [0, 0.1) is 0 Å². The van der Waals surface area contributed by atoms with Crippen molar-refractivity contribution in [2.24, 2.45) is 0 Å². The Morgan fingerprint density at radius 3 is 2.55 bits per heavy atom.